The first-order valence-electron chi connectivity index (χ1n) is 6.00. The number of hydrogen-bond acceptors (Lipinski definition) is 5. The average Bonchev–Trinajstić information content (AvgIpc) is 3.06. The lowest BCUT2D eigenvalue weighted by Gasteiger charge is -2.15. The molecule has 1 aromatic rings. The molecule has 0 saturated carbocycles. The van der Waals surface area contributed by atoms with Gasteiger partial charge >= 0.3 is 5.97 Å². The summed E-state index contributed by atoms with van der Waals surface area (Å²) in [6, 6.07) is 1.22. The molecule has 2 heterocycles. The molecule has 2 N–H and O–H groups in total. The normalized spacial score (nSPS) is 15.5. The minimum atomic E-state index is -3.99. The minimum Gasteiger partial charge on any atom is -0.477 e. The number of amides is 1. The van der Waals surface area contributed by atoms with Crippen LogP contribution in [0.2, 0.25) is 0 Å². The number of nitrogens with one attached hydrogen (secondary N) is 1. The Morgan fingerprint density at radius 2 is 2.00 bits per heavy atom. The highest BCUT2D eigenvalue weighted by Crippen LogP contribution is 2.21. The fraction of sp³-hybridized carbons (Fsp3) is 0.455. The lowest BCUT2D eigenvalue weighted by Crippen LogP contribution is -2.38. The maximum atomic E-state index is 12.0. The average molecular weight is 318 g/mol. The number of likely N-dealkylation sites (tertiary alicyclic amines) is 1. The Morgan fingerprint density at radius 1 is 1.35 bits per heavy atom. The lowest BCUT2D eigenvalue weighted by molar-refractivity contribution is -0.128. The maximum absolute atomic E-state index is 12.0. The summed E-state index contributed by atoms with van der Waals surface area (Å²) in [7, 11) is -3.99. The minimum absolute atomic E-state index is 0.258. The molecule has 110 valence electrons. The molecule has 0 atom stereocenters. The van der Waals surface area contributed by atoms with Gasteiger partial charge in [-0.1, -0.05) is 0 Å². The van der Waals surface area contributed by atoms with Crippen molar-refractivity contribution < 1.29 is 23.1 Å². The first kappa shape index (κ1) is 14.9. The molecule has 0 bridgehead atoms. The largest absolute Gasteiger partial charge is 0.477 e. The number of carbonyl (C=O) groups excluding carboxylic acids is 1. The van der Waals surface area contributed by atoms with Crippen molar-refractivity contribution in [3.8, 4) is 0 Å². The van der Waals surface area contributed by atoms with Gasteiger partial charge in [-0.15, -0.1) is 11.3 Å². The van der Waals surface area contributed by atoms with Crippen molar-refractivity contribution in [2.24, 2.45) is 0 Å². The van der Waals surface area contributed by atoms with Gasteiger partial charge in [-0.2, -0.15) is 0 Å². The molecule has 7 nitrogen and oxygen atoms in total. The third-order valence-corrected chi connectivity index (χ3v) is 5.46. The van der Waals surface area contributed by atoms with E-state index in [0.29, 0.717) is 13.1 Å². The van der Waals surface area contributed by atoms with E-state index in [9.17, 15) is 18.0 Å². The second kappa shape index (κ2) is 5.90. The van der Waals surface area contributed by atoms with E-state index in [1.807, 2.05) is 0 Å². The summed E-state index contributed by atoms with van der Waals surface area (Å²) >= 11 is 0.830. The zero-order valence-electron chi connectivity index (χ0n) is 10.5. The Labute approximate surface area is 120 Å². The Morgan fingerprint density at radius 3 is 2.60 bits per heavy atom. The van der Waals surface area contributed by atoms with Gasteiger partial charge in [0.25, 0.3) is 0 Å². The fourth-order valence-corrected chi connectivity index (χ4v) is 4.21. The smallest absolute Gasteiger partial charge is 0.347 e. The van der Waals surface area contributed by atoms with Gasteiger partial charge in [0.15, 0.2) is 0 Å². The van der Waals surface area contributed by atoms with Crippen molar-refractivity contribution in [1.29, 1.82) is 0 Å². The van der Waals surface area contributed by atoms with E-state index >= 15 is 0 Å². The van der Waals surface area contributed by atoms with Gasteiger partial charge < -0.3 is 10.0 Å². The Balaban J connectivity index is 2.05. The van der Waals surface area contributed by atoms with Crippen molar-refractivity contribution in [2.45, 2.75) is 17.7 Å². The molecule has 0 unspecified atom stereocenters. The number of carboxylic acid groups (broad SMARTS) is 1. The van der Waals surface area contributed by atoms with Crippen LogP contribution in [0.15, 0.2) is 16.3 Å². The van der Waals surface area contributed by atoms with E-state index in [4.69, 9.17) is 5.11 Å². The number of nitrogens with zero attached hydrogens (tertiary/aromatic N) is 1. The standard InChI is InChI=1S/C11H14N2O5S2/c14-9(13-4-1-2-5-13)7-12-20(17,18)8-3-6-19-10(8)11(15)16/h3,6,12H,1-2,4-5,7H2,(H,15,16). The Hall–Kier alpha value is -1.45. The van der Waals surface area contributed by atoms with Crippen LogP contribution in [-0.2, 0) is 14.8 Å². The molecule has 1 aliphatic rings. The summed E-state index contributed by atoms with van der Waals surface area (Å²) in [5.74, 6) is -1.59. The van der Waals surface area contributed by atoms with Crippen LogP contribution in [0.1, 0.15) is 22.5 Å². The first-order valence-corrected chi connectivity index (χ1v) is 8.36. The third-order valence-electron chi connectivity index (χ3n) is 2.99. The van der Waals surface area contributed by atoms with Crippen LogP contribution in [0.4, 0.5) is 0 Å². The Bertz CT molecular complexity index is 617. The first-order chi connectivity index (χ1) is 9.42. The van der Waals surface area contributed by atoms with Crippen LogP contribution in [-0.4, -0.2) is 49.9 Å². The van der Waals surface area contributed by atoms with Crippen LogP contribution in [0.5, 0.6) is 0 Å². The Kier molecular flexibility index (Phi) is 4.41. The quantitative estimate of drug-likeness (QED) is 0.815. The molecule has 1 aromatic heterocycles. The number of carboxylic acids is 1. The van der Waals surface area contributed by atoms with E-state index in [2.05, 4.69) is 4.72 Å². The van der Waals surface area contributed by atoms with E-state index < -0.39 is 16.0 Å². The SMILES string of the molecule is O=C(O)c1sccc1S(=O)(=O)NCC(=O)N1CCCC1. The molecule has 0 radical (unpaired) electrons. The molecule has 0 spiro atoms. The van der Waals surface area contributed by atoms with Gasteiger partial charge in [-0.3, -0.25) is 4.79 Å². The predicted molar refractivity (Wildman–Crippen MR) is 72.3 cm³/mol. The van der Waals surface area contributed by atoms with Crippen molar-refractivity contribution in [3.63, 3.8) is 0 Å². The fourth-order valence-electron chi connectivity index (χ4n) is 1.98. The van der Waals surface area contributed by atoms with E-state index in [1.165, 1.54) is 11.4 Å². The number of aromatic carboxylic acids is 1. The van der Waals surface area contributed by atoms with E-state index in [0.717, 1.165) is 24.2 Å². The third kappa shape index (κ3) is 3.17. The number of thiophene rings is 1. The van der Waals surface area contributed by atoms with Crippen LogP contribution in [0, 0.1) is 0 Å². The number of carbonyl (C=O) groups is 2. The molecular weight excluding hydrogens is 304 g/mol. The zero-order chi connectivity index (χ0) is 14.8. The molecule has 0 aliphatic carbocycles. The topological polar surface area (TPSA) is 104 Å². The van der Waals surface area contributed by atoms with Gasteiger partial charge in [0, 0.05) is 13.1 Å². The molecule has 9 heteroatoms. The zero-order valence-corrected chi connectivity index (χ0v) is 12.2. The maximum Gasteiger partial charge on any atom is 0.347 e. The molecule has 20 heavy (non-hydrogen) atoms. The van der Waals surface area contributed by atoms with Crippen LogP contribution in [0.3, 0.4) is 0 Å². The van der Waals surface area contributed by atoms with Gasteiger partial charge in [-0.25, -0.2) is 17.9 Å². The van der Waals surface area contributed by atoms with Crippen molar-refractivity contribution in [1.82, 2.24) is 9.62 Å². The van der Waals surface area contributed by atoms with Crippen molar-refractivity contribution in [2.75, 3.05) is 19.6 Å². The summed E-state index contributed by atoms with van der Waals surface area (Å²) in [5.41, 5.74) is 0. The summed E-state index contributed by atoms with van der Waals surface area (Å²) in [6.07, 6.45) is 1.85. The summed E-state index contributed by atoms with van der Waals surface area (Å²) in [5, 5.41) is 10.3. The number of rotatable bonds is 5. The molecule has 1 amide bonds. The van der Waals surface area contributed by atoms with E-state index in [1.54, 1.807) is 4.90 Å². The summed E-state index contributed by atoms with van der Waals surface area (Å²) in [4.78, 5) is 23.7. The summed E-state index contributed by atoms with van der Waals surface area (Å²) < 4.78 is 26.2. The van der Waals surface area contributed by atoms with Gasteiger partial charge in [0.05, 0.1) is 6.54 Å². The number of hydrogen-bond donors (Lipinski definition) is 2. The second-order valence-corrected chi connectivity index (χ2v) is 6.98. The van der Waals surface area contributed by atoms with Crippen molar-refractivity contribution in [3.05, 3.63) is 16.3 Å². The number of sulfonamides is 1. The van der Waals surface area contributed by atoms with Crippen LogP contribution in [0.25, 0.3) is 0 Å². The highest BCUT2D eigenvalue weighted by Gasteiger charge is 2.25. The van der Waals surface area contributed by atoms with Gasteiger partial charge in [-0.05, 0) is 24.3 Å². The molecule has 2 rings (SSSR count). The van der Waals surface area contributed by atoms with Crippen LogP contribution >= 0.6 is 11.3 Å². The monoisotopic (exact) mass is 318 g/mol. The summed E-state index contributed by atoms with van der Waals surface area (Å²) in [6.45, 7) is 0.927. The molecule has 0 aromatic carbocycles. The highest BCUT2D eigenvalue weighted by atomic mass is 32.2. The van der Waals surface area contributed by atoms with Crippen molar-refractivity contribution >= 4 is 33.2 Å². The molecule has 1 fully saturated rings. The second-order valence-electron chi connectivity index (χ2n) is 4.33. The van der Waals surface area contributed by atoms with Gasteiger partial charge in [0.1, 0.15) is 9.77 Å². The highest BCUT2D eigenvalue weighted by molar-refractivity contribution is 7.89. The molecular formula is C11H14N2O5S2. The predicted octanol–water partition coefficient (Wildman–Crippen LogP) is 0.347. The van der Waals surface area contributed by atoms with Gasteiger partial charge in [0.2, 0.25) is 15.9 Å². The molecule has 1 saturated heterocycles. The molecule has 1 aliphatic heterocycles. The lowest BCUT2D eigenvalue weighted by atomic mass is 10.4. The van der Waals surface area contributed by atoms with Crippen LogP contribution < -0.4 is 4.72 Å². The van der Waals surface area contributed by atoms with E-state index in [-0.39, 0.29) is 22.2 Å².